The lowest BCUT2D eigenvalue weighted by molar-refractivity contribution is 0.363. The number of hydrogen-bond acceptors (Lipinski definition) is 2. The predicted octanol–water partition coefficient (Wildman–Crippen LogP) is 2.92. The van der Waals surface area contributed by atoms with Crippen molar-refractivity contribution >= 4 is 10.0 Å². The Morgan fingerprint density at radius 2 is 1.44 bits per heavy atom. The van der Waals surface area contributed by atoms with E-state index in [0.717, 1.165) is 19.3 Å². The van der Waals surface area contributed by atoms with E-state index in [0.29, 0.717) is 5.41 Å². The van der Waals surface area contributed by atoms with Crippen LogP contribution in [0.5, 0.6) is 0 Å². The van der Waals surface area contributed by atoms with Gasteiger partial charge >= 0.3 is 0 Å². The molecule has 0 fully saturated rings. The fourth-order valence-electron chi connectivity index (χ4n) is 1.46. The lowest BCUT2D eigenvalue weighted by Crippen LogP contribution is -2.41. The molecule has 0 rings (SSSR count). The van der Waals surface area contributed by atoms with Gasteiger partial charge in [0.25, 0.3) is 0 Å². The Morgan fingerprint density at radius 3 is 1.81 bits per heavy atom. The van der Waals surface area contributed by atoms with Gasteiger partial charge in [0.1, 0.15) is 0 Å². The summed E-state index contributed by atoms with van der Waals surface area (Å²) in [6.07, 6.45) is 2.77. The number of rotatable bonds is 5. The average molecular weight is 249 g/mol. The van der Waals surface area contributed by atoms with Gasteiger partial charge in [-0.05, 0) is 39.0 Å². The van der Waals surface area contributed by atoms with Gasteiger partial charge in [-0.3, -0.25) is 0 Å². The first kappa shape index (κ1) is 15.9. The van der Waals surface area contributed by atoms with Gasteiger partial charge in [0.2, 0.25) is 10.0 Å². The second-order valence-electron chi connectivity index (χ2n) is 6.69. The summed E-state index contributed by atoms with van der Waals surface area (Å²) in [4.78, 5) is 0. The van der Waals surface area contributed by atoms with Gasteiger partial charge in [0.15, 0.2) is 0 Å². The maximum absolute atomic E-state index is 11.7. The van der Waals surface area contributed by atoms with Crippen molar-refractivity contribution in [1.82, 2.24) is 4.72 Å². The quantitative estimate of drug-likeness (QED) is 0.761. The molecule has 0 aromatic carbocycles. The zero-order valence-electron chi connectivity index (χ0n) is 11.6. The normalized spacial score (nSPS) is 14.1. The summed E-state index contributed by atoms with van der Waals surface area (Å²) >= 11 is 0. The van der Waals surface area contributed by atoms with Crippen LogP contribution in [0.25, 0.3) is 0 Å². The standard InChI is InChI=1S/C12H27NO2S/c1-11(2,3)9-7-8-10-16(14,15)13-12(4,5)6/h13H,7-10H2,1-6H3. The molecule has 0 saturated carbocycles. The van der Waals surface area contributed by atoms with Gasteiger partial charge in [-0.1, -0.05) is 27.2 Å². The molecule has 1 N–H and O–H groups in total. The maximum Gasteiger partial charge on any atom is 0.212 e. The van der Waals surface area contributed by atoms with Crippen LogP contribution in [0.2, 0.25) is 0 Å². The monoisotopic (exact) mass is 249 g/mol. The minimum Gasteiger partial charge on any atom is -0.212 e. The average Bonchev–Trinajstić information content (AvgIpc) is 1.91. The lowest BCUT2D eigenvalue weighted by atomic mass is 9.90. The molecule has 0 atom stereocenters. The topological polar surface area (TPSA) is 46.2 Å². The number of sulfonamides is 1. The van der Waals surface area contributed by atoms with Gasteiger partial charge in [-0.15, -0.1) is 0 Å². The summed E-state index contributed by atoms with van der Waals surface area (Å²) < 4.78 is 26.0. The molecule has 0 amide bonds. The number of unbranched alkanes of at least 4 members (excludes halogenated alkanes) is 1. The highest BCUT2D eigenvalue weighted by atomic mass is 32.2. The Morgan fingerprint density at radius 1 is 0.938 bits per heavy atom. The first-order valence-corrected chi connectivity index (χ1v) is 7.58. The third-order valence-corrected chi connectivity index (χ3v) is 3.80. The molecule has 0 bridgehead atoms. The van der Waals surface area contributed by atoms with Gasteiger partial charge < -0.3 is 0 Å². The Kier molecular flexibility index (Phi) is 5.47. The molecule has 3 nitrogen and oxygen atoms in total. The van der Waals surface area contributed by atoms with E-state index in [1.807, 2.05) is 20.8 Å². The van der Waals surface area contributed by atoms with E-state index in [4.69, 9.17) is 0 Å². The third kappa shape index (κ3) is 10.4. The van der Waals surface area contributed by atoms with Crippen molar-refractivity contribution < 1.29 is 8.42 Å². The van der Waals surface area contributed by atoms with Crippen LogP contribution in [-0.4, -0.2) is 19.7 Å². The zero-order valence-corrected chi connectivity index (χ0v) is 12.4. The molecule has 0 aliphatic carbocycles. The van der Waals surface area contributed by atoms with Crippen molar-refractivity contribution in [1.29, 1.82) is 0 Å². The highest BCUT2D eigenvalue weighted by Crippen LogP contribution is 2.21. The van der Waals surface area contributed by atoms with Gasteiger partial charge in [0.05, 0.1) is 5.75 Å². The van der Waals surface area contributed by atoms with Crippen LogP contribution < -0.4 is 4.72 Å². The summed E-state index contributed by atoms with van der Waals surface area (Å²) in [7, 11) is -3.11. The van der Waals surface area contributed by atoms with Crippen molar-refractivity contribution in [3.8, 4) is 0 Å². The van der Waals surface area contributed by atoms with Crippen molar-refractivity contribution in [3.63, 3.8) is 0 Å². The lowest BCUT2D eigenvalue weighted by Gasteiger charge is -2.21. The molecule has 0 aromatic rings. The van der Waals surface area contributed by atoms with Crippen LogP contribution in [-0.2, 0) is 10.0 Å². The second kappa shape index (κ2) is 5.50. The molecule has 0 aliphatic heterocycles. The van der Waals surface area contributed by atoms with E-state index in [2.05, 4.69) is 25.5 Å². The van der Waals surface area contributed by atoms with Gasteiger partial charge in [-0.25, -0.2) is 13.1 Å². The van der Waals surface area contributed by atoms with E-state index >= 15 is 0 Å². The van der Waals surface area contributed by atoms with Crippen LogP contribution in [0.1, 0.15) is 60.8 Å². The second-order valence-corrected chi connectivity index (χ2v) is 8.53. The van der Waals surface area contributed by atoms with E-state index in [9.17, 15) is 8.42 Å². The van der Waals surface area contributed by atoms with Crippen LogP contribution in [0.3, 0.4) is 0 Å². The minimum absolute atomic E-state index is 0.236. The Labute approximate surface area is 101 Å². The summed E-state index contributed by atoms with van der Waals surface area (Å²) in [5.74, 6) is 0.236. The van der Waals surface area contributed by atoms with Crippen LogP contribution in [0.15, 0.2) is 0 Å². The molecular weight excluding hydrogens is 222 g/mol. The SMILES string of the molecule is CC(C)(C)CCCCS(=O)(=O)NC(C)(C)C. The van der Waals surface area contributed by atoms with Gasteiger partial charge in [-0.2, -0.15) is 0 Å². The number of nitrogens with one attached hydrogen (secondary N) is 1. The smallest absolute Gasteiger partial charge is 0.212 e. The van der Waals surface area contributed by atoms with Crippen LogP contribution in [0.4, 0.5) is 0 Å². The molecule has 16 heavy (non-hydrogen) atoms. The highest BCUT2D eigenvalue weighted by Gasteiger charge is 2.19. The fourth-order valence-corrected chi connectivity index (χ4v) is 3.08. The summed E-state index contributed by atoms with van der Waals surface area (Å²) in [5, 5.41) is 0. The molecular formula is C12H27NO2S. The minimum atomic E-state index is -3.11. The molecule has 0 heterocycles. The van der Waals surface area contributed by atoms with E-state index in [1.165, 1.54) is 0 Å². The zero-order chi connectivity index (χ0) is 13.0. The summed E-state index contributed by atoms with van der Waals surface area (Å²) in [6.45, 7) is 12.1. The molecule has 0 saturated heterocycles. The largest absolute Gasteiger partial charge is 0.212 e. The molecule has 0 aliphatic rings. The van der Waals surface area contributed by atoms with Gasteiger partial charge in [0, 0.05) is 5.54 Å². The van der Waals surface area contributed by atoms with Crippen molar-refractivity contribution in [2.75, 3.05) is 5.75 Å². The molecule has 0 unspecified atom stereocenters. The van der Waals surface area contributed by atoms with Crippen LogP contribution in [0, 0.1) is 5.41 Å². The highest BCUT2D eigenvalue weighted by molar-refractivity contribution is 7.89. The van der Waals surface area contributed by atoms with Crippen molar-refractivity contribution in [2.24, 2.45) is 5.41 Å². The first-order valence-electron chi connectivity index (χ1n) is 5.93. The summed E-state index contributed by atoms with van der Waals surface area (Å²) in [5.41, 5.74) is -0.0793. The Hall–Kier alpha value is -0.0900. The first-order chi connectivity index (χ1) is 6.91. The Balaban J connectivity index is 3.94. The van der Waals surface area contributed by atoms with E-state index in [-0.39, 0.29) is 11.3 Å². The molecule has 4 heteroatoms. The maximum atomic E-state index is 11.7. The van der Waals surface area contributed by atoms with E-state index in [1.54, 1.807) is 0 Å². The van der Waals surface area contributed by atoms with Crippen molar-refractivity contribution in [2.45, 2.75) is 66.3 Å². The Bertz CT molecular complexity index is 294. The molecule has 0 spiro atoms. The predicted molar refractivity (Wildman–Crippen MR) is 70.0 cm³/mol. The third-order valence-electron chi connectivity index (χ3n) is 2.05. The molecule has 0 aromatic heterocycles. The van der Waals surface area contributed by atoms with Crippen LogP contribution >= 0.6 is 0 Å². The summed E-state index contributed by atoms with van der Waals surface area (Å²) in [6, 6.07) is 0. The van der Waals surface area contributed by atoms with Crippen molar-refractivity contribution in [3.05, 3.63) is 0 Å². The fraction of sp³-hybridized carbons (Fsp3) is 1.00. The molecule has 98 valence electrons. The van der Waals surface area contributed by atoms with E-state index < -0.39 is 10.0 Å². The molecule has 0 radical (unpaired) electrons. The number of hydrogen-bond donors (Lipinski definition) is 1.